The molecule has 4 amide bonds. The highest BCUT2D eigenvalue weighted by Crippen LogP contribution is 2.49. The van der Waals surface area contributed by atoms with Crippen LogP contribution in [0.15, 0.2) is 115 Å². The molecule has 6 aromatic rings. The number of aliphatic hydroxyl groups is 1. The van der Waals surface area contributed by atoms with Crippen LogP contribution < -0.4 is 14.6 Å². The first kappa shape index (κ1) is 60.4. The number of aliphatic hydroxyl groups excluding tert-OH is 1. The second-order valence-electron chi connectivity index (χ2n) is 22.8. The van der Waals surface area contributed by atoms with Crippen LogP contribution in [0.4, 0.5) is 0 Å². The SMILES string of the molecule is C=CC1CC(/C=C/c2ccccc2)[C@@H]2C(=O)N(CCCCCC(=O)N(CCC(=O)NCCO)Cc3cn(CCC(=O)Oc4ccc(Cn5nc6[n+](c5C)-c5sc(C)c(C)c5C(c5ccccc5)=N[C@H]6CC(=O)OC(C)(C)C)cc4)nn3)C(=O)[C@H]12. The van der Waals surface area contributed by atoms with Crippen molar-refractivity contribution in [2.45, 2.75) is 124 Å². The number of aryl methyl sites for hydroxylation is 2. The fourth-order valence-electron chi connectivity index (χ4n) is 11.3. The Labute approximate surface area is 494 Å². The van der Waals surface area contributed by atoms with Crippen molar-refractivity contribution < 1.29 is 47.9 Å². The van der Waals surface area contributed by atoms with E-state index in [4.69, 9.17) is 19.6 Å². The van der Waals surface area contributed by atoms with Crippen molar-refractivity contribution in [2.24, 2.45) is 28.7 Å². The number of thiophene rings is 1. The van der Waals surface area contributed by atoms with Crippen LogP contribution in [0.3, 0.4) is 0 Å². The van der Waals surface area contributed by atoms with E-state index in [1.54, 1.807) is 40.6 Å². The number of rotatable bonds is 25. The lowest BCUT2D eigenvalue weighted by atomic mass is 9.89. The van der Waals surface area contributed by atoms with E-state index in [0.717, 1.165) is 49.2 Å². The van der Waals surface area contributed by atoms with E-state index in [1.165, 1.54) is 9.58 Å². The van der Waals surface area contributed by atoms with Gasteiger partial charge in [-0.1, -0.05) is 103 Å². The number of likely N-dealkylation sites (tertiary alicyclic amines) is 1. The van der Waals surface area contributed by atoms with Gasteiger partial charge in [0.2, 0.25) is 29.5 Å². The summed E-state index contributed by atoms with van der Waals surface area (Å²) < 4.78 is 17.1. The van der Waals surface area contributed by atoms with Crippen molar-refractivity contribution in [3.05, 3.63) is 160 Å². The average molecular weight is 1160 g/mol. The van der Waals surface area contributed by atoms with Crippen LogP contribution >= 0.6 is 11.3 Å². The molecular weight excluding hydrogens is 1080 g/mol. The molecule has 3 aromatic heterocycles. The van der Waals surface area contributed by atoms with Crippen molar-refractivity contribution in [1.29, 1.82) is 0 Å². The minimum absolute atomic E-state index is 0.00276. The lowest BCUT2D eigenvalue weighted by Crippen LogP contribution is -2.38. The molecule has 2 unspecified atom stereocenters. The van der Waals surface area contributed by atoms with Crippen LogP contribution in [0.25, 0.3) is 11.1 Å². The van der Waals surface area contributed by atoms with Crippen LogP contribution in [-0.4, -0.2) is 113 Å². The Kier molecular flexibility index (Phi) is 19.4. The van der Waals surface area contributed by atoms with Gasteiger partial charge in [-0.05, 0) is 94.5 Å². The molecule has 5 atom stereocenters. The molecule has 5 heterocycles. The molecule has 0 spiro atoms. The monoisotopic (exact) mass is 1160 g/mol. The highest BCUT2D eigenvalue weighted by atomic mass is 32.1. The second-order valence-corrected chi connectivity index (χ2v) is 24.0. The first-order valence-corrected chi connectivity index (χ1v) is 29.7. The number of fused-ring (bicyclic) bond motifs is 4. The molecule has 2 aliphatic heterocycles. The lowest BCUT2D eigenvalue weighted by molar-refractivity contribution is -0.609. The summed E-state index contributed by atoms with van der Waals surface area (Å²) in [6.07, 6.45) is 10.0. The molecule has 0 radical (unpaired) electrons. The number of aromatic nitrogens is 6. The fraction of sp³-hybridized carbons (Fsp3) is 0.422. The molecule has 84 heavy (non-hydrogen) atoms. The third-order valence-corrected chi connectivity index (χ3v) is 16.8. The smallest absolute Gasteiger partial charge is 0.313 e. The van der Waals surface area contributed by atoms with Crippen molar-refractivity contribution >= 4 is 58.7 Å². The summed E-state index contributed by atoms with van der Waals surface area (Å²) in [5.41, 5.74) is 5.60. The van der Waals surface area contributed by atoms with E-state index >= 15 is 0 Å². The molecule has 2 fully saturated rings. The Hall–Kier alpha value is -8.23. The largest absolute Gasteiger partial charge is 0.460 e. The van der Waals surface area contributed by atoms with E-state index in [9.17, 15) is 33.9 Å². The normalized spacial score (nSPS) is 18.2. The van der Waals surface area contributed by atoms with E-state index in [2.05, 4.69) is 46.7 Å². The van der Waals surface area contributed by atoms with E-state index in [-0.39, 0.29) is 106 Å². The summed E-state index contributed by atoms with van der Waals surface area (Å²) in [7, 11) is 0. The first-order chi connectivity index (χ1) is 40.4. The summed E-state index contributed by atoms with van der Waals surface area (Å²) in [4.78, 5) is 89.7. The zero-order valence-corrected chi connectivity index (χ0v) is 49.6. The average Bonchev–Trinajstić information content (AvgIpc) is 3.21. The molecule has 2 N–H and O–H groups in total. The molecule has 0 bridgehead atoms. The highest BCUT2D eigenvalue weighted by Gasteiger charge is 2.57. The van der Waals surface area contributed by atoms with Gasteiger partial charge in [-0.2, -0.15) is 4.57 Å². The summed E-state index contributed by atoms with van der Waals surface area (Å²) in [6, 6.07) is 26.5. The Morgan fingerprint density at radius 2 is 1.60 bits per heavy atom. The van der Waals surface area contributed by atoms with Crippen LogP contribution in [0.5, 0.6) is 5.75 Å². The third-order valence-electron chi connectivity index (χ3n) is 15.6. The molecule has 3 aromatic carbocycles. The maximum Gasteiger partial charge on any atom is 0.313 e. The second kappa shape index (κ2) is 27.0. The number of ether oxygens (including phenoxy) is 2. The van der Waals surface area contributed by atoms with Crippen LogP contribution in [0.1, 0.15) is 128 Å². The number of hydrogen-bond acceptors (Lipinski definition) is 14. The summed E-state index contributed by atoms with van der Waals surface area (Å²) in [5, 5.41) is 26.4. The van der Waals surface area contributed by atoms with Crippen molar-refractivity contribution in [2.75, 3.05) is 26.2 Å². The Morgan fingerprint density at radius 3 is 2.30 bits per heavy atom. The standard InChI is InChI=1S/C64H74N10O9S/c1-8-46-36-48(26-23-44-18-12-9-13-19-44)58-57(46)61(80)72(62(58)81)32-17-11-16-22-53(77)70(33-29-52(76)65-31-35-75)39-49-40-71(69-67-49)34-30-54(78)82-50-27-24-45(25-28-50)38-73-43(4)74-60(68-73)51(37-55(79)83-64(5,6)7)66-59(47-20-14-10-15-21-47)56-41(2)42(3)84-63(56)74/h8-10,12-15,18-21,23-28,40,46,48,51,57-58,75H,1,11,16-17,22,29-39H2,2-7H3/p+1/b26-23+/t46?,48?,51-,57+,58-/m0/s1. The number of hydrogen-bond donors (Lipinski definition) is 2. The number of unbranched alkanes of at least 4 members (excludes halogenated alkanes) is 2. The quantitative estimate of drug-likeness (QED) is 0.0139. The summed E-state index contributed by atoms with van der Waals surface area (Å²) in [6.45, 7) is 16.6. The predicted molar refractivity (Wildman–Crippen MR) is 317 cm³/mol. The number of aliphatic imine (C=N–C) groups is 1. The summed E-state index contributed by atoms with van der Waals surface area (Å²) >= 11 is 1.67. The van der Waals surface area contributed by atoms with Crippen LogP contribution in [-0.2, 0) is 53.1 Å². The lowest BCUT2D eigenvalue weighted by Gasteiger charge is -2.22. The van der Waals surface area contributed by atoms with Gasteiger partial charge in [0, 0.05) is 54.9 Å². The third kappa shape index (κ3) is 14.4. The van der Waals surface area contributed by atoms with Gasteiger partial charge in [-0.3, -0.25) is 43.3 Å². The molecule has 20 heteroatoms. The first-order valence-electron chi connectivity index (χ1n) is 28.9. The van der Waals surface area contributed by atoms with Gasteiger partial charge in [-0.25, -0.2) is 0 Å². The van der Waals surface area contributed by atoms with Crippen molar-refractivity contribution in [3.63, 3.8) is 0 Å². The minimum Gasteiger partial charge on any atom is -0.460 e. The maximum absolute atomic E-state index is 13.7. The number of esters is 2. The van der Waals surface area contributed by atoms with Crippen molar-refractivity contribution in [1.82, 2.24) is 39.9 Å². The zero-order chi connectivity index (χ0) is 59.7. The number of imide groups is 1. The Morgan fingerprint density at radius 1 is 0.881 bits per heavy atom. The topological polar surface area (TPSA) is 224 Å². The van der Waals surface area contributed by atoms with Gasteiger partial charge in [0.25, 0.3) is 0 Å². The van der Waals surface area contributed by atoms with Gasteiger partial charge in [-0.15, -0.1) is 27.7 Å². The van der Waals surface area contributed by atoms with Gasteiger partial charge in [0.1, 0.15) is 23.6 Å². The van der Waals surface area contributed by atoms with Crippen LogP contribution in [0, 0.1) is 44.4 Å². The van der Waals surface area contributed by atoms with Gasteiger partial charge < -0.3 is 24.8 Å². The molecule has 19 nitrogen and oxygen atoms in total. The van der Waals surface area contributed by atoms with E-state index in [1.807, 2.05) is 111 Å². The minimum atomic E-state index is -0.675. The zero-order valence-electron chi connectivity index (χ0n) is 48.7. The van der Waals surface area contributed by atoms with Crippen molar-refractivity contribution in [3.8, 4) is 10.8 Å². The highest BCUT2D eigenvalue weighted by molar-refractivity contribution is 7.14. The number of nitrogens with zero attached hydrogens (tertiary/aromatic N) is 9. The number of amides is 4. The summed E-state index contributed by atoms with van der Waals surface area (Å²) in [5.74, 6) is -0.824. The van der Waals surface area contributed by atoms with Gasteiger partial charge >= 0.3 is 17.8 Å². The van der Waals surface area contributed by atoms with Gasteiger partial charge in [0.15, 0.2) is 11.0 Å². The number of carbonyl (C=O) groups excluding carboxylic acids is 6. The Bertz CT molecular complexity index is 3430. The molecule has 1 saturated carbocycles. The predicted octanol–water partition coefficient (Wildman–Crippen LogP) is 7.93. The fourth-order valence-corrected chi connectivity index (χ4v) is 12.5. The maximum atomic E-state index is 13.7. The number of carbonyl (C=O) groups is 6. The Balaban J connectivity index is 0.782. The molecule has 1 saturated heterocycles. The number of benzene rings is 3. The van der Waals surface area contributed by atoms with Gasteiger partial charge in [0.05, 0.1) is 61.8 Å². The van der Waals surface area contributed by atoms with E-state index in [0.29, 0.717) is 49.5 Å². The number of allylic oxidation sites excluding steroid dienone is 2. The molecule has 440 valence electrons. The van der Waals surface area contributed by atoms with Crippen LogP contribution in [0.2, 0.25) is 0 Å². The molecule has 3 aliphatic rings. The molecular formula is C64H75N10O9S+. The molecule has 1 aliphatic carbocycles. The van der Waals surface area contributed by atoms with E-state index < -0.39 is 29.4 Å². The molecule has 9 rings (SSSR count). The number of nitrogens with one attached hydrogen (secondary N) is 1.